The molecule has 1 amide bonds. The van der Waals surface area contributed by atoms with Gasteiger partial charge in [0.1, 0.15) is 0 Å². The number of halogens is 1. The smallest absolute Gasteiger partial charge is 0.241 e. The van der Waals surface area contributed by atoms with E-state index in [1.165, 1.54) is 12.1 Å². The maximum absolute atomic E-state index is 13.4. The van der Waals surface area contributed by atoms with Crippen molar-refractivity contribution in [3.8, 4) is 5.69 Å². The fourth-order valence-corrected chi connectivity index (χ4v) is 6.71. The average Bonchev–Trinajstić information content (AvgIpc) is 3.46. The summed E-state index contributed by atoms with van der Waals surface area (Å²) in [5.74, 6) is -0.397. The minimum atomic E-state index is -3.82. The van der Waals surface area contributed by atoms with E-state index in [1.807, 2.05) is 48.1 Å². The third kappa shape index (κ3) is 4.70. The maximum Gasteiger partial charge on any atom is 0.241 e. The Morgan fingerprint density at radius 3 is 2.42 bits per heavy atom. The Bertz CT molecular complexity index is 1220. The summed E-state index contributed by atoms with van der Waals surface area (Å²) in [5, 5.41) is 7.95. The molecule has 1 heterocycles. The summed E-state index contributed by atoms with van der Waals surface area (Å²) >= 11 is 5.92. The Balaban J connectivity index is 1.40. The van der Waals surface area contributed by atoms with E-state index in [0.29, 0.717) is 30.8 Å². The SMILES string of the molecule is Cc1nn(-c2ccccc2)cc1CCCNC(=O)C1(S(=O)(=O)c2ccc(Cl)cc2)CCCC1. The number of hydrogen-bond acceptors (Lipinski definition) is 4. The summed E-state index contributed by atoms with van der Waals surface area (Å²) in [5.41, 5.74) is 3.05. The molecule has 0 saturated heterocycles. The molecule has 6 nitrogen and oxygen atoms in total. The lowest BCUT2D eigenvalue weighted by molar-refractivity contribution is -0.123. The van der Waals surface area contributed by atoms with Gasteiger partial charge in [0.15, 0.2) is 14.6 Å². The van der Waals surface area contributed by atoms with Crippen LogP contribution >= 0.6 is 11.6 Å². The van der Waals surface area contributed by atoms with Crippen molar-refractivity contribution < 1.29 is 13.2 Å². The monoisotopic (exact) mass is 485 g/mol. The fourth-order valence-electron chi connectivity index (χ4n) is 4.50. The summed E-state index contributed by atoms with van der Waals surface area (Å²) in [4.78, 5) is 13.3. The van der Waals surface area contributed by atoms with Crippen LogP contribution in [-0.4, -0.2) is 35.4 Å². The van der Waals surface area contributed by atoms with Gasteiger partial charge in [-0.3, -0.25) is 4.79 Å². The van der Waals surface area contributed by atoms with E-state index in [-0.39, 0.29) is 4.90 Å². The first-order valence-electron chi connectivity index (χ1n) is 11.2. The molecule has 0 radical (unpaired) electrons. The Kier molecular flexibility index (Phi) is 6.91. The molecule has 4 rings (SSSR count). The Morgan fingerprint density at radius 1 is 1.09 bits per heavy atom. The van der Waals surface area contributed by atoms with Crippen molar-refractivity contribution in [1.29, 1.82) is 0 Å². The van der Waals surface area contributed by atoms with Crippen LogP contribution in [0.25, 0.3) is 5.69 Å². The highest BCUT2D eigenvalue weighted by Gasteiger charge is 2.52. The number of benzene rings is 2. The Hall–Kier alpha value is -2.64. The molecule has 174 valence electrons. The van der Waals surface area contributed by atoms with Crippen LogP contribution in [-0.2, 0) is 21.1 Å². The number of nitrogens with zero attached hydrogens (tertiary/aromatic N) is 2. The minimum Gasteiger partial charge on any atom is -0.355 e. The topological polar surface area (TPSA) is 81.1 Å². The van der Waals surface area contributed by atoms with Crippen molar-refractivity contribution in [1.82, 2.24) is 15.1 Å². The molecular formula is C25H28ClN3O3S. The number of amides is 1. The second-order valence-electron chi connectivity index (χ2n) is 8.54. The lowest BCUT2D eigenvalue weighted by Crippen LogP contribution is -2.50. The number of carbonyl (C=O) groups is 1. The zero-order chi connectivity index (χ0) is 23.5. The van der Waals surface area contributed by atoms with E-state index in [4.69, 9.17) is 11.6 Å². The highest BCUT2D eigenvalue weighted by atomic mass is 35.5. The van der Waals surface area contributed by atoms with Gasteiger partial charge in [0, 0.05) is 17.8 Å². The molecule has 1 saturated carbocycles. The highest BCUT2D eigenvalue weighted by molar-refractivity contribution is 7.93. The molecule has 0 aliphatic heterocycles. The van der Waals surface area contributed by atoms with E-state index < -0.39 is 20.5 Å². The number of hydrogen-bond donors (Lipinski definition) is 1. The minimum absolute atomic E-state index is 0.146. The molecule has 1 N–H and O–H groups in total. The molecule has 33 heavy (non-hydrogen) atoms. The van der Waals surface area contributed by atoms with Gasteiger partial charge in [-0.2, -0.15) is 5.10 Å². The lowest BCUT2D eigenvalue weighted by atomic mass is 10.1. The lowest BCUT2D eigenvalue weighted by Gasteiger charge is -2.27. The Morgan fingerprint density at radius 2 is 1.76 bits per heavy atom. The van der Waals surface area contributed by atoms with Gasteiger partial charge in [-0.25, -0.2) is 13.1 Å². The molecule has 3 aromatic rings. The number of sulfone groups is 1. The summed E-state index contributed by atoms with van der Waals surface area (Å²) < 4.78 is 27.3. The van der Waals surface area contributed by atoms with Crippen molar-refractivity contribution in [2.75, 3.05) is 6.54 Å². The third-order valence-corrected chi connectivity index (χ3v) is 9.16. The van der Waals surface area contributed by atoms with Gasteiger partial charge in [-0.05, 0) is 74.6 Å². The normalized spacial score (nSPS) is 15.5. The van der Waals surface area contributed by atoms with Crippen LogP contribution in [0.5, 0.6) is 0 Å². The number of aryl methyl sites for hydroxylation is 2. The third-order valence-electron chi connectivity index (χ3n) is 6.39. The predicted molar refractivity (Wildman–Crippen MR) is 129 cm³/mol. The number of rotatable bonds is 8. The molecule has 1 fully saturated rings. The van der Waals surface area contributed by atoms with Crippen molar-refractivity contribution in [2.24, 2.45) is 0 Å². The van der Waals surface area contributed by atoms with Crippen LogP contribution < -0.4 is 5.32 Å². The second-order valence-corrected chi connectivity index (χ2v) is 11.2. The van der Waals surface area contributed by atoms with Crippen LogP contribution in [0.1, 0.15) is 43.4 Å². The van der Waals surface area contributed by atoms with Crippen LogP contribution in [0.2, 0.25) is 5.02 Å². The van der Waals surface area contributed by atoms with Crippen molar-refractivity contribution in [3.05, 3.63) is 77.1 Å². The molecule has 0 atom stereocenters. The average molecular weight is 486 g/mol. The van der Waals surface area contributed by atoms with Gasteiger partial charge in [0.25, 0.3) is 0 Å². The maximum atomic E-state index is 13.4. The highest BCUT2D eigenvalue weighted by Crippen LogP contribution is 2.41. The van der Waals surface area contributed by atoms with Gasteiger partial charge in [0.2, 0.25) is 5.91 Å². The van der Waals surface area contributed by atoms with Gasteiger partial charge in [0.05, 0.1) is 16.3 Å². The van der Waals surface area contributed by atoms with Crippen molar-refractivity contribution >= 4 is 27.3 Å². The van der Waals surface area contributed by atoms with Gasteiger partial charge < -0.3 is 5.32 Å². The molecule has 8 heteroatoms. The van der Waals surface area contributed by atoms with E-state index in [1.54, 1.807) is 12.1 Å². The summed E-state index contributed by atoms with van der Waals surface area (Å²) in [6, 6.07) is 16.0. The summed E-state index contributed by atoms with van der Waals surface area (Å²) in [7, 11) is -3.82. The summed E-state index contributed by atoms with van der Waals surface area (Å²) in [6.45, 7) is 2.38. The number of aromatic nitrogens is 2. The molecular weight excluding hydrogens is 458 g/mol. The van der Waals surface area contributed by atoms with Gasteiger partial charge in [-0.15, -0.1) is 0 Å². The molecule has 1 aromatic heterocycles. The molecule has 1 aliphatic rings. The van der Waals surface area contributed by atoms with E-state index in [0.717, 1.165) is 36.2 Å². The van der Waals surface area contributed by atoms with Gasteiger partial charge >= 0.3 is 0 Å². The second kappa shape index (κ2) is 9.69. The number of nitrogens with one attached hydrogen (secondary N) is 1. The first kappa shape index (κ1) is 23.5. The predicted octanol–water partition coefficient (Wildman–Crippen LogP) is 4.67. The first-order chi connectivity index (χ1) is 15.8. The van der Waals surface area contributed by atoms with Crippen molar-refractivity contribution in [2.45, 2.75) is 55.1 Å². The Labute approximate surface area is 199 Å². The van der Waals surface area contributed by atoms with Crippen LogP contribution in [0, 0.1) is 6.92 Å². The molecule has 0 bridgehead atoms. The van der Waals surface area contributed by atoms with E-state index in [9.17, 15) is 13.2 Å². The number of carbonyl (C=O) groups excluding carboxylic acids is 1. The summed E-state index contributed by atoms with van der Waals surface area (Å²) in [6.07, 6.45) is 5.58. The van der Waals surface area contributed by atoms with Crippen LogP contribution in [0.15, 0.2) is 65.7 Å². The van der Waals surface area contributed by atoms with Crippen LogP contribution in [0.4, 0.5) is 0 Å². The van der Waals surface area contributed by atoms with E-state index in [2.05, 4.69) is 10.4 Å². The standard InChI is InChI=1S/C25H28ClN3O3S/c1-19-20(18-29(28-19)22-9-3-2-4-10-22)8-7-17-27-24(30)25(15-5-6-16-25)33(31,32)23-13-11-21(26)12-14-23/h2-4,9-14,18H,5-8,15-17H2,1H3,(H,27,30). The molecule has 0 unspecified atom stereocenters. The largest absolute Gasteiger partial charge is 0.355 e. The molecule has 2 aromatic carbocycles. The molecule has 0 spiro atoms. The quantitative estimate of drug-likeness (QED) is 0.470. The fraction of sp³-hybridized carbons (Fsp3) is 0.360. The van der Waals surface area contributed by atoms with E-state index >= 15 is 0 Å². The zero-order valence-corrected chi connectivity index (χ0v) is 20.2. The van der Waals surface area contributed by atoms with Crippen LogP contribution in [0.3, 0.4) is 0 Å². The molecule has 1 aliphatic carbocycles. The van der Waals surface area contributed by atoms with Crippen molar-refractivity contribution in [3.63, 3.8) is 0 Å². The zero-order valence-electron chi connectivity index (χ0n) is 18.6. The van der Waals surface area contributed by atoms with Gasteiger partial charge in [-0.1, -0.05) is 42.6 Å². The number of para-hydroxylation sites is 1. The first-order valence-corrected chi connectivity index (χ1v) is 13.1.